The second-order valence-corrected chi connectivity index (χ2v) is 3.08. The highest BCUT2D eigenvalue weighted by molar-refractivity contribution is 5.35. The number of rotatable bonds is 2. The van der Waals surface area contributed by atoms with Crippen LogP contribution in [-0.4, -0.2) is 11.1 Å². The molecule has 1 heterocycles. The average molecular weight is 194 g/mol. The zero-order chi connectivity index (χ0) is 11.1. The normalized spacial score (nSPS) is 21.2. The van der Waals surface area contributed by atoms with Crippen LogP contribution >= 0.6 is 0 Å². The molecule has 14 heavy (non-hydrogen) atoms. The van der Waals surface area contributed by atoms with Crippen LogP contribution in [0.5, 0.6) is 0 Å². The minimum absolute atomic E-state index is 0.393. The fraction of sp³-hybridized carbons (Fsp3) is 0.500. The minimum atomic E-state index is 0.393. The van der Waals surface area contributed by atoms with Gasteiger partial charge in [0.15, 0.2) is 0 Å². The lowest BCUT2D eigenvalue weighted by Crippen LogP contribution is -2.33. The van der Waals surface area contributed by atoms with E-state index in [2.05, 4.69) is 13.5 Å². The summed E-state index contributed by atoms with van der Waals surface area (Å²) in [5.41, 5.74) is 2.34. The Bertz CT molecular complexity index is 239. The Morgan fingerprint density at radius 2 is 2.07 bits per heavy atom. The number of hydrogen-bond donors (Lipinski definition) is 1. The Balaban J connectivity index is 0.000000791. The van der Waals surface area contributed by atoms with Gasteiger partial charge in [0, 0.05) is 6.04 Å². The average Bonchev–Trinajstić information content (AvgIpc) is 2.49. The molecule has 0 radical (unpaired) electrons. The predicted octanol–water partition coefficient (Wildman–Crippen LogP) is 3.00. The summed E-state index contributed by atoms with van der Waals surface area (Å²) in [6.45, 7) is 11.9. The van der Waals surface area contributed by atoms with Gasteiger partial charge in [-0.05, 0) is 31.9 Å². The molecule has 0 saturated carbocycles. The number of nitrogens with two attached hydrogens (primary N) is 1. The van der Waals surface area contributed by atoms with E-state index in [-0.39, 0.29) is 0 Å². The van der Waals surface area contributed by atoms with Gasteiger partial charge in [-0.25, -0.2) is 5.84 Å². The van der Waals surface area contributed by atoms with Crippen LogP contribution in [0.15, 0.2) is 36.1 Å². The maximum absolute atomic E-state index is 5.85. The van der Waals surface area contributed by atoms with E-state index >= 15 is 0 Å². The molecule has 1 rings (SSSR count). The molecule has 0 amide bonds. The quantitative estimate of drug-likeness (QED) is 0.685. The lowest BCUT2D eigenvalue weighted by molar-refractivity contribution is 0.313. The maximum Gasteiger partial charge on any atom is 0.0549 e. The van der Waals surface area contributed by atoms with Crippen molar-refractivity contribution in [3.8, 4) is 0 Å². The van der Waals surface area contributed by atoms with Crippen molar-refractivity contribution in [2.75, 3.05) is 0 Å². The first kappa shape index (κ1) is 13.0. The van der Waals surface area contributed by atoms with Gasteiger partial charge >= 0.3 is 0 Å². The van der Waals surface area contributed by atoms with Crippen molar-refractivity contribution in [3.63, 3.8) is 0 Å². The molecular formula is C12H22N2. The van der Waals surface area contributed by atoms with Crippen LogP contribution in [0.2, 0.25) is 0 Å². The Labute approximate surface area is 87.8 Å². The summed E-state index contributed by atoms with van der Waals surface area (Å²) in [5.74, 6) is 5.85. The zero-order valence-electron chi connectivity index (χ0n) is 9.75. The molecule has 1 unspecified atom stereocenters. The maximum atomic E-state index is 5.85. The van der Waals surface area contributed by atoms with Gasteiger partial charge in [-0.3, -0.25) is 0 Å². The minimum Gasteiger partial charge on any atom is -0.308 e. The molecule has 1 aliphatic rings. The molecule has 0 fully saturated rings. The summed E-state index contributed by atoms with van der Waals surface area (Å²) in [6, 6.07) is 0.393. The van der Waals surface area contributed by atoms with Crippen LogP contribution in [0.3, 0.4) is 0 Å². The van der Waals surface area contributed by atoms with Crippen LogP contribution in [0.4, 0.5) is 0 Å². The Hall–Kier alpha value is -1.02. The number of nitrogens with zero attached hydrogens (tertiary/aromatic N) is 1. The van der Waals surface area contributed by atoms with Gasteiger partial charge in [0.05, 0.1) is 5.70 Å². The highest BCUT2D eigenvalue weighted by atomic mass is 15.4. The lowest BCUT2D eigenvalue weighted by Gasteiger charge is -2.18. The molecule has 0 aromatic rings. The molecule has 1 aliphatic heterocycles. The first-order valence-corrected chi connectivity index (χ1v) is 5.23. The molecule has 0 spiro atoms. The second kappa shape index (κ2) is 6.44. The van der Waals surface area contributed by atoms with E-state index in [0.29, 0.717) is 6.04 Å². The summed E-state index contributed by atoms with van der Waals surface area (Å²) in [6.07, 6.45) is 6.91. The molecule has 1 atom stereocenters. The molecule has 0 aromatic heterocycles. The molecule has 2 nitrogen and oxygen atoms in total. The topological polar surface area (TPSA) is 29.3 Å². The summed E-state index contributed by atoms with van der Waals surface area (Å²) >= 11 is 0. The molecule has 2 heteroatoms. The van der Waals surface area contributed by atoms with Gasteiger partial charge in [-0.2, -0.15) is 0 Å². The van der Waals surface area contributed by atoms with Crippen LogP contribution in [-0.2, 0) is 0 Å². The summed E-state index contributed by atoms with van der Waals surface area (Å²) in [7, 11) is 0. The van der Waals surface area contributed by atoms with Gasteiger partial charge in [0.1, 0.15) is 0 Å². The standard InChI is InChI=1S/C10H16N2.C2H6/c1-4-6-10-9(5-2)7-8(3)12(10)11;1-2/h4-6,8H,2,7,11H2,1,3H3;1-2H3/b6-4-;. The molecule has 0 aromatic carbocycles. The van der Waals surface area contributed by atoms with E-state index in [1.54, 1.807) is 5.01 Å². The van der Waals surface area contributed by atoms with Crippen molar-refractivity contribution >= 4 is 0 Å². The van der Waals surface area contributed by atoms with E-state index in [1.807, 2.05) is 39.0 Å². The number of allylic oxidation sites excluding steroid dienone is 3. The number of hydrogen-bond acceptors (Lipinski definition) is 2. The lowest BCUT2D eigenvalue weighted by atomic mass is 10.1. The number of hydrazine groups is 1. The molecular weight excluding hydrogens is 172 g/mol. The molecule has 0 aliphatic carbocycles. The third-order valence-electron chi connectivity index (χ3n) is 2.17. The van der Waals surface area contributed by atoms with E-state index < -0.39 is 0 Å². The third-order valence-corrected chi connectivity index (χ3v) is 2.17. The van der Waals surface area contributed by atoms with Gasteiger partial charge < -0.3 is 5.01 Å². The van der Waals surface area contributed by atoms with E-state index in [0.717, 1.165) is 12.1 Å². The van der Waals surface area contributed by atoms with Crippen molar-refractivity contribution in [2.24, 2.45) is 5.84 Å². The molecule has 0 saturated heterocycles. The van der Waals surface area contributed by atoms with Gasteiger partial charge in [0.25, 0.3) is 0 Å². The Kier molecular flexibility index (Phi) is 5.97. The van der Waals surface area contributed by atoms with E-state index in [4.69, 9.17) is 5.84 Å². The van der Waals surface area contributed by atoms with Crippen molar-refractivity contribution in [2.45, 2.75) is 40.2 Å². The fourth-order valence-corrected chi connectivity index (χ4v) is 1.46. The zero-order valence-corrected chi connectivity index (χ0v) is 9.75. The molecule has 0 bridgehead atoms. The highest BCUT2D eigenvalue weighted by Crippen LogP contribution is 2.26. The van der Waals surface area contributed by atoms with E-state index in [9.17, 15) is 0 Å². The van der Waals surface area contributed by atoms with Gasteiger partial charge in [-0.1, -0.05) is 32.6 Å². The smallest absolute Gasteiger partial charge is 0.0549 e. The van der Waals surface area contributed by atoms with Crippen LogP contribution in [0.25, 0.3) is 0 Å². The SMILES string of the molecule is C=CC1=C(/C=C\C)N(N)C(C)C1.CC. The van der Waals surface area contributed by atoms with Crippen molar-refractivity contribution in [3.05, 3.63) is 36.1 Å². The first-order valence-electron chi connectivity index (χ1n) is 5.23. The Morgan fingerprint density at radius 1 is 1.50 bits per heavy atom. The fourth-order valence-electron chi connectivity index (χ4n) is 1.46. The van der Waals surface area contributed by atoms with E-state index in [1.165, 1.54) is 5.57 Å². The van der Waals surface area contributed by atoms with Crippen molar-refractivity contribution < 1.29 is 0 Å². The van der Waals surface area contributed by atoms with Crippen molar-refractivity contribution in [1.82, 2.24) is 5.01 Å². The summed E-state index contributed by atoms with van der Waals surface area (Å²) in [5, 5.41) is 1.80. The van der Waals surface area contributed by atoms with Gasteiger partial charge in [0.2, 0.25) is 0 Å². The third kappa shape index (κ3) is 2.74. The summed E-state index contributed by atoms with van der Waals surface area (Å²) < 4.78 is 0. The Morgan fingerprint density at radius 3 is 2.50 bits per heavy atom. The van der Waals surface area contributed by atoms with Crippen LogP contribution < -0.4 is 5.84 Å². The predicted molar refractivity (Wildman–Crippen MR) is 63.5 cm³/mol. The molecule has 2 N–H and O–H groups in total. The second-order valence-electron chi connectivity index (χ2n) is 3.08. The largest absolute Gasteiger partial charge is 0.308 e. The van der Waals surface area contributed by atoms with Gasteiger partial charge in [-0.15, -0.1) is 0 Å². The highest BCUT2D eigenvalue weighted by Gasteiger charge is 2.22. The first-order chi connectivity index (χ1) is 6.70. The summed E-state index contributed by atoms with van der Waals surface area (Å²) in [4.78, 5) is 0. The van der Waals surface area contributed by atoms with Crippen LogP contribution in [0, 0.1) is 0 Å². The molecule has 80 valence electrons. The van der Waals surface area contributed by atoms with Crippen LogP contribution in [0.1, 0.15) is 34.1 Å². The monoisotopic (exact) mass is 194 g/mol. The van der Waals surface area contributed by atoms with Crippen molar-refractivity contribution in [1.29, 1.82) is 0 Å².